The van der Waals surface area contributed by atoms with E-state index in [-0.39, 0.29) is 39.4 Å². The van der Waals surface area contributed by atoms with Gasteiger partial charge in [0.2, 0.25) is 17.7 Å². The third kappa shape index (κ3) is 11.0. The summed E-state index contributed by atoms with van der Waals surface area (Å²) in [7, 11) is 2.94. The first-order valence-corrected chi connectivity index (χ1v) is 7.58. The highest BCUT2D eigenvalue weighted by molar-refractivity contribution is 5.86. The Morgan fingerprint density at radius 3 is 1.76 bits per heavy atom. The molecule has 0 aromatic heterocycles. The van der Waals surface area contributed by atoms with Crippen molar-refractivity contribution in [2.24, 2.45) is 5.73 Å². The summed E-state index contributed by atoms with van der Waals surface area (Å²) in [5.74, 6) is -3.21. The number of nitrogens with two attached hydrogens (primary N) is 1. The van der Waals surface area contributed by atoms with E-state index in [0.29, 0.717) is 0 Å². The Kier molecular flexibility index (Phi) is 11.9. The monoisotopic (exact) mass is 362 g/mol. The van der Waals surface area contributed by atoms with Crippen molar-refractivity contribution in [3.8, 4) is 0 Å². The number of nitrogens with zero attached hydrogens (tertiary/aromatic N) is 1. The number of carbonyl (C=O) groups excluding carboxylic acids is 3. The van der Waals surface area contributed by atoms with Crippen LogP contribution in [0.5, 0.6) is 0 Å². The number of amides is 3. The van der Waals surface area contributed by atoms with E-state index in [1.165, 1.54) is 14.2 Å². The second-order valence-electron chi connectivity index (χ2n) is 5.11. The molecule has 11 heteroatoms. The van der Waals surface area contributed by atoms with Gasteiger partial charge >= 0.3 is 5.97 Å². The maximum Gasteiger partial charge on any atom is 0.321 e. The maximum atomic E-state index is 11.9. The number of nitrogens with one attached hydrogen (secondary N) is 2. The van der Waals surface area contributed by atoms with Crippen LogP contribution >= 0.6 is 0 Å². The molecule has 25 heavy (non-hydrogen) atoms. The quantitative estimate of drug-likeness (QED) is 0.240. The first kappa shape index (κ1) is 22.8. The molecule has 0 saturated carbocycles. The zero-order chi connectivity index (χ0) is 19.2. The lowest BCUT2D eigenvalue weighted by Crippen LogP contribution is -2.52. The van der Waals surface area contributed by atoms with Crippen molar-refractivity contribution in [1.29, 1.82) is 0 Å². The molecule has 0 radical (unpaired) electrons. The lowest BCUT2D eigenvalue weighted by atomic mass is 10.1. The standard InChI is InChI=1S/C14H26N4O7/c1-24-5-3-16-12(20)8-18(9-13(21)17-4-6-25-2)10(14(22)23)7-11(15)19/h10H,3-9H2,1-2H3,(H2,15,19)(H,16,20)(H,17,21)(H,22,23)/t10-/m0/s1. The first-order chi connectivity index (χ1) is 11.8. The summed E-state index contributed by atoms with van der Waals surface area (Å²) in [6, 6.07) is -1.39. The van der Waals surface area contributed by atoms with Crippen molar-refractivity contribution in [2.75, 3.05) is 53.6 Å². The van der Waals surface area contributed by atoms with Crippen molar-refractivity contribution in [1.82, 2.24) is 15.5 Å². The molecule has 1 atom stereocenters. The number of rotatable bonds is 14. The molecule has 0 saturated heterocycles. The van der Waals surface area contributed by atoms with E-state index < -0.39 is 36.2 Å². The Morgan fingerprint density at radius 1 is 1.00 bits per heavy atom. The fourth-order valence-electron chi connectivity index (χ4n) is 1.91. The van der Waals surface area contributed by atoms with Crippen LogP contribution in [0, 0.1) is 0 Å². The highest BCUT2D eigenvalue weighted by Gasteiger charge is 2.30. The van der Waals surface area contributed by atoms with Crippen LogP contribution in [-0.4, -0.2) is 93.4 Å². The van der Waals surface area contributed by atoms with Crippen molar-refractivity contribution in [3.05, 3.63) is 0 Å². The van der Waals surface area contributed by atoms with Gasteiger partial charge in [0.05, 0.1) is 32.7 Å². The molecule has 0 rings (SSSR count). The predicted molar refractivity (Wildman–Crippen MR) is 86.6 cm³/mol. The van der Waals surface area contributed by atoms with Crippen LogP contribution in [0.4, 0.5) is 0 Å². The number of methoxy groups -OCH3 is 2. The number of aliphatic carboxylic acids is 1. The van der Waals surface area contributed by atoms with Crippen molar-refractivity contribution in [3.63, 3.8) is 0 Å². The van der Waals surface area contributed by atoms with Gasteiger partial charge < -0.3 is 30.9 Å². The Bertz CT molecular complexity index is 434. The van der Waals surface area contributed by atoms with Gasteiger partial charge in [0, 0.05) is 27.3 Å². The summed E-state index contributed by atoms with van der Waals surface area (Å²) in [6.07, 6.45) is -0.522. The molecule has 0 aliphatic carbocycles. The molecular formula is C14H26N4O7. The smallest absolute Gasteiger partial charge is 0.321 e. The van der Waals surface area contributed by atoms with Gasteiger partial charge in [-0.1, -0.05) is 0 Å². The molecule has 0 aliphatic rings. The highest BCUT2D eigenvalue weighted by atomic mass is 16.5. The van der Waals surface area contributed by atoms with E-state index in [0.717, 1.165) is 4.90 Å². The minimum atomic E-state index is -1.39. The fraction of sp³-hybridized carbons (Fsp3) is 0.714. The highest BCUT2D eigenvalue weighted by Crippen LogP contribution is 2.05. The van der Waals surface area contributed by atoms with Crippen LogP contribution in [0.1, 0.15) is 6.42 Å². The molecule has 0 aromatic rings. The van der Waals surface area contributed by atoms with E-state index in [9.17, 15) is 24.3 Å². The second kappa shape index (κ2) is 13.1. The SMILES string of the molecule is COCCNC(=O)CN(CC(=O)NCCOC)[C@@H](CC(N)=O)C(=O)O. The van der Waals surface area contributed by atoms with Crippen molar-refractivity contribution in [2.45, 2.75) is 12.5 Å². The van der Waals surface area contributed by atoms with Crippen LogP contribution in [0.2, 0.25) is 0 Å². The molecule has 144 valence electrons. The molecule has 5 N–H and O–H groups in total. The normalized spacial score (nSPS) is 11.8. The molecule has 11 nitrogen and oxygen atoms in total. The first-order valence-electron chi connectivity index (χ1n) is 7.58. The van der Waals surface area contributed by atoms with Gasteiger partial charge in [0.1, 0.15) is 6.04 Å². The lowest BCUT2D eigenvalue weighted by Gasteiger charge is -2.27. The van der Waals surface area contributed by atoms with Crippen LogP contribution in [0.25, 0.3) is 0 Å². The summed E-state index contributed by atoms with van der Waals surface area (Å²) < 4.78 is 9.59. The molecule has 0 unspecified atom stereocenters. The molecule has 3 amide bonds. The van der Waals surface area contributed by atoms with E-state index in [1.807, 2.05) is 0 Å². The van der Waals surface area contributed by atoms with Gasteiger partial charge in [-0.2, -0.15) is 0 Å². The van der Waals surface area contributed by atoms with Gasteiger partial charge in [-0.05, 0) is 0 Å². The number of carboxylic acids is 1. The van der Waals surface area contributed by atoms with Crippen molar-refractivity contribution >= 4 is 23.7 Å². The van der Waals surface area contributed by atoms with Gasteiger partial charge in [-0.3, -0.25) is 24.1 Å². The zero-order valence-electron chi connectivity index (χ0n) is 14.4. The zero-order valence-corrected chi connectivity index (χ0v) is 14.4. The number of primary amides is 1. The number of ether oxygens (including phenoxy) is 2. The molecule has 0 heterocycles. The molecule has 0 bridgehead atoms. The van der Waals surface area contributed by atoms with Gasteiger partial charge in [-0.25, -0.2) is 0 Å². The third-order valence-corrected chi connectivity index (χ3v) is 3.07. The van der Waals surface area contributed by atoms with E-state index in [2.05, 4.69) is 10.6 Å². The number of hydrogen-bond acceptors (Lipinski definition) is 7. The predicted octanol–water partition coefficient (Wildman–Crippen LogP) is -2.86. The average molecular weight is 362 g/mol. The Balaban J connectivity index is 4.94. The van der Waals surface area contributed by atoms with Gasteiger partial charge in [0.25, 0.3) is 0 Å². The molecule has 0 aromatic carbocycles. The topological polar surface area (TPSA) is 160 Å². The summed E-state index contributed by atoms with van der Waals surface area (Å²) >= 11 is 0. The van der Waals surface area contributed by atoms with Gasteiger partial charge in [-0.15, -0.1) is 0 Å². The number of carbonyl (C=O) groups is 4. The maximum absolute atomic E-state index is 11.9. The fourth-order valence-corrected chi connectivity index (χ4v) is 1.91. The van der Waals surface area contributed by atoms with Crippen LogP contribution in [-0.2, 0) is 28.7 Å². The second-order valence-corrected chi connectivity index (χ2v) is 5.11. The van der Waals surface area contributed by atoms with Gasteiger partial charge in [0.15, 0.2) is 0 Å². The Hall–Kier alpha value is -2.24. The van der Waals surface area contributed by atoms with Crippen molar-refractivity contribution < 1.29 is 33.8 Å². The molecule has 0 aliphatic heterocycles. The van der Waals surface area contributed by atoms with Crippen LogP contribution in [0.3, 0.4) is 0 Å². The van der Waals surface area contributed by atoms with E-state index >= 15 is 0 Å². The summed E-state index contributed by atoms with van der Waals surface area (Å²) in [5.41, 5.74) is 5.06. The van der Waals surface area contributed by atoms with Crippen LogP contribution in [0.15, 0.2) is 0 Å². The minimum Gasteiger partial charge on any atom is -0.480 e. The molecule has 0 fully saturated rings. The third-order valence-electron chi connectivity index (χ3n) is 3.07. The summed E-state index contributed by atoms with van der Waals surface area (Å²) in [5, 5.41) is 14.3. The minimum absolute atomic E-state index is 0.233. The Morgan fingerprint density at radius 2 is 1.44 bits per heavy atom. The molecular weight excluding hydrogens is 336 g/mol. The lowest BCUT2D eigenvalue weighted by molar-refractivity contribution is -0.146. The van der Waals surface area contributed by atoms with E-state index in [1.54, 1.807) is 0 Å². The largest absolute Gasteiger partial charge is 0.480 e. The molecule has 0 spiro atoms. The summed E-state index contributed by atoms with van der Waals surface area (Å²) in [6.45, 7) is 0.268. The number of hydrogen-bond donors (Lipinski definition) is 4. The average Bonchev–Trinajstić information content (AvgIpc) is 2.52. The van der Waals surface area contributed by atoms with Crippen LogP contribution < -0.4 is 16.4 Å². The number of carboxylic acid groups (broad SMARTS) is 1. The summed E-state index contributed by atoms with van der Waals surface area (Å²) in [4.78, 5) is 47.4. The Labute approximate surface area is 145 Å². The van der Waals surface area contributed by atoms with E-state index in [4.69, 9.17) is 15.2 Å².